The molecule has 5 heteroatoms. The number of hydrogen-bond acceptors (Lipinski definition) is 4. The SMILES string of the molecule is COCCOCCOCCC(Cc1ccccc1)C(=O)O. The third-order valence-electron chi connectivity index (χ3n) is 3.09. The van der Waals surface area contributed by atoms with Crippen molar-refractivity contribution in [3.8, 4) is 0 Å². The van der Waals surface area contributed by atoms with Crippen LogP contribution in [0.15, 0.2) is 30.3 Å². The Hall–Kier alpha value is -1.43. The molecular formula is C16H24O5. The maximum absolute atomic E-state index is 11.2. The van der Waals surface area contributed by atoms with Crippen LogP contribution in [-0.2, 0) is 25.4 Å². The maximum atomic E-state index is 11.2. The predicted octanol–water partition coefficient (Wildman–Crippen LogP) is 2.00. The van der Waals surface area contributed by atoms with Crippen molar-refractivity contribution >= 4 is 5.97 Å². The number of carboxylic acid groups (broad SMARTS) is 1. The molecule has 21 heavy (non-hydrogen) atoms. The summed E-state index contributed by atoms with van der Waals surface area (Å²) in [6, 6.07) is 9.65. The Kier molecular flexibility index (Phi) is 9.44. The van der Waals surface area contributed by atoms with Crippen LogP contribution in [0.2, 0.25) is 0 Å². The molecular weight excluding hydrogens is 272 g/mol. The van der Waals surface area contributed by atoms with E-state index in [0.29, 0.717) is 45.9 Å². The number of carbonyl (C=O) groups is 1. The van der Waals surface area contributed by atoms with Crippen LogP contribution in [0.5, 0.6) is 0 Å². The third kappa shape index (κ3) is 8.45. The molecule has 0 heterocycles. The van der Waals surface area contributed by atoms with Crippen molar-refractivity contribution in [2.45, 2.75) is 12.8 Å². The summed E-state index contributed by atoms with van der Waals surface area (Å²) in [5, 5.41) is 9.24. The van der Waals surface area contributed by atoms with Crippen molar-refractivity contribution in [3.63, 3.8) is 0 Å². The van der Waals surface area contributed by atoms with Gasteiger partial charge in [0, 0.05) is 13.7 Å². The average molecular weight is 296 g/mol. The molecule has 0 aliphatic rings. The molecule has 0 amide bonds. The zero-order valence-corrected chi connectivity index (χ0v) is 12.5. The highest BCUT2D eigenvalue weighted by Gasteiger charge is 2.17. The van der Waals surface area contributed by atoms with Gasteiger partial charge in [0.1, 0.15) is 0 Å². The Balaban J connectivity index is 2.16. The van der Waals surface area contributed by atoms with Crippen molar-refractivity contribution in [1.82, 2.24) is 0 Å². The van der Waals surface area contributed by atoms with Gasteiger partial charge in [0.2, 0.25) is 0 Å². The van der Waals surface area contributed by atoms with Crippen LogP contribution in [0, 0.1) is 5.92 Å². The Morgan fingerprint density at radius 1 is 1.05 bits per heavy atom. The minimum absolute atomic E-state index is 0.415. The number of hydrogen-bond donors (Lipinski definition) is 1. The van der Waals surface area contributed by atoms with Gasteiger partial charge in [-0.25, -0.2) is 0 Å². The van der Waals surface area contributed by atoms with Crippen molar-refractivity contribution in [2.75, 3.05) is 40.1 Å². The second-order valence-corrected chi connectivity index (χ2v) is 4.73. The molecule has 1 unspecified atom stereocenters. The summed E-state index contributed by atoms with van der Waals surface area (Å²) in [4.78, 5) is 11.2. The van der Waals surface area contributed by atoms with E-state index >= 15 is 0 Å². The lowest BCUT2D eigenvalue weighted by Gasteiger charge is -2.12. The van der Waals surface area contributed by atoms with Crippen LogP contribution in [-0.4, -0.2) is 51.2 Å². The van der Waals surface area contributed by atoms with Gasteiger partial charge in [0.05, 0.1) is 32.3 Å². The summed E-state index contributed by atoms with van der Waals surface area (Å²) in [6.45, 7) is 2.52. The standard InChI is InChI=1S/C16H24O5/c1-19-9-10-21-12-11-20-8-7-15(16(17)18)13-14-5-3-2-4-6-14/h2-6,15H,7-13H2,1H3,(H,17,18). The van der Waals surface area contributed by atoms with Gasteiger partial charge in [0.25, 0.3) is 0 Å². The Labute approximate surface area is 125 Å². The summed E-state index contributed by atoms with van der Waals surface area (Å²) in [6.07, 6.45) is 1.03. The predicted molar refractivity (Wildman–Crippen MR) is 79.4 cm³/mol. The molecule has 0 radical (unpaired) electrons. The van der Waals surface area contributed by atoms with E-state index in [4.69, 9.17) is 14.2 Å². The van der Waals surface area contributed by atoms with Gasteiger partial charge in [-0.15, -0.1) is 0 Å². The minimum atomic E-state index is -0.779. The lowest BCUT2D eigenvalue weighted by molar-refractivity contribution is -0.142. The fourth-order valence-electron chi connectivity index (χ4n) is 1.90. The van der Waals surface area contributed by atoms with Gasteiger partial charge in [-0.3, -0.25) is 4.79 Å². The summed E-state index contributed by atoms with van der Waals surface area (Å²) >= 11 is 0. The van der Waals surface area contributed by atoms with Crippen molar-refractivity contribution in [3.05, 3.63) is 35.9 Å². The van der Waals surface area contributed by atoms with Gasteiger partial charge >= 0.3 is 5.97 Å². The molecule has 1 aromatic rings. The number of ether oxygens (including phenoxy) is 3. The quantitative estimate of drug-likeness (QED) is 0.598. The molecule has 0 saturated carbocycles. The molecule has 0 bridgehead atoms. The Morgan fingerprint density at radius 3 is 2.29 bits per heavy atom. The second kappa shape index (κ2) is 11.3. The van der Waals surface area contributed by atoms with E-state index in [-0.39, 0.29) is 0 Å². The fourth-order valence-corrected chi connectivity index (χ4v) is 1.90. The molecule has 0 spiro atoms. The molecule has 0 aromatic heterocycles. The van der Waals surface area contributed by atoms with Gasteiger partial charge in [0.15, 0.2) is 0 Å². The van der Waals surface area contributed by atoms with E-state index in [0.717, 1.165) is 5.56 Å². The molecule has 0 aliphatic carbocycles. The van der Waals surface area contributed by atoms with Gasteiger partial charge in [-0.05, 0) is 18.4 Å². The van der Waals surface area contributed by atoms with E-state index in [1.165, 1.54) is 0 Å². The number of aliphatic carboxylic acids is 1. The van der Waals surface area contributed by atoms with E-state index in [1.54, 1.807) is 7.11 Å². The van der Waals surface area contributed by atoms with E-state index < -0.39 is 11.9 Å². The second-order valence-electron chi connectivity index (χ2n) is 4.73. The molecule has 118 valence electrons. The zero-order chi connectivity index (χ0) is 15.3. The number of carboxylic acids is 1. The van der Waals surface area contributed by atoms with Crippen molar-refractivity contribution in [2.24, 2.45) is 5.92 Å². The topological polar surface area (TPSA) is 65.0 Å². The lowest BCUT2D eigenvalue weighted by atomic mass is 9.97. The Bertz CT molecular complexity index is 380. The zero-order valence-electron chi connectivity index (χ0n) is 12.5. The summed E-state index contributed by atoms with van der Waals surface area (Å²) in [7, 11) is 1.62. The molecule has 0 saturated heterocycles. The molecule has 5 nitrogen and oxygen atoms in total. The van der Waals surface area contributed by atoms with Gasteiger partial charge in [-0.2, -0.15) is 0 Å². The summed E-state index contributed by atoms with van der Waals surface area (Å²) in [5.41, 5.74) is 1.03. The van der Waals surface area contributed by atoms with E-state index in [9.17, 15) is 9.90 Å². The fraction of sp³-hybridized carbons (Fsp3) is 0.562. The van der Waals surface area contributed by atoms with Crippen LogP contribution >= 0.6 is 0 Å². The van der Waals surface area contributed by atoms with Gasteiger partial charge in [-0.1, -0.05) is 30.3 Å². The van der Waals surface area contributed by atoms with Crippen LogP contribution in [0.4, 0.5) is 0 Å². The van der Waals surface area contributed by atoms with Crippen LogP contribution < -0.4 is 0 Å². The molecule has 1 rings (SSSR count). The van der Waals surface area contributed by atoms with E-state index in [1.807, 2.05) is 30.3 Å². The number of benzene rings is 1. The van der Waals surface area contributed by atoms with E-state index in [2.05, 4.69) is 0 Å². The van der Waals surface area contributed by atoms with Crippen molar-refractivity contribution in [1.29, 1.82) is 0 Å². The highest BCUT2D eigenvalue weighted by atomic mass is 16.5. The maximum Gasteiger partial charge on any atom is 0.306 e. The smallest absolute Gasteiger partial charge is 0.306 e. The number of methoxy groups -OCH3 is 1. The first kappa shape index (κ1) is 17.6. The highest BCUT2D eigenvalue weighted by molar-refractivity contribution is 5.70. The Morgan fingerprint density at radius 2 is 1.67 bits per heavy atom. The molecule has 1 atom stereocenters. The first-order chi connectivity index (χ1) is 10.2. The third-order valence-corrected chi connectivity index (χ3v) is 3.09. The monoisotopic (exact) mass is 296 g/mol. The summed E-state index contributed by atoms with van der Waals surface area (Å²) < 4.78 is 15.5. The molecule has 0 aliphatic heterocycles. The average Bonchev–Trinajstić information content (AvgIpc) is 2.49. The number of rotatable bonds is 12. The summed E-state index contributed by atoms with van der Waals surface area (Å²) in [5.74, 6) is -1.19. The molecule has 1 aromatic carbocycles. The minimum Gasteiger partial charge on any atom is -0.481 e. The molecule has 0 fully saturated rings. The highest BCUT2D eigenvalue weighted by Crippen LogP contribution is 2.12. The van der Waals surface area contributed by atoms with Crippen molar-refractivity contribution < 1.29 is 24.1 Å². The first-order valence-corrected chi connectivity index (χ1v) is 7.15. The normalized spacial score (nSPS) is 12.2. The van der Waals surface area contributed by atoms with Crippen LogP contribution in [0.3, 0.4) is 0 Å². The van der Waals surface area contributed by atoms with Gasteiger partial charge < -0.3 is 19.3 Å². The molecule has 1 N–H and O–H groups in total. The van der Waals surface area contributed by atoms with Crippen LogP contribution in [0.1, 0.15) is 12.0 Å². The first-order valence-electron chi connectivity index (χ1n) is 7.15. The largest absolute Gasteiger partial charge is 0.481 e. The lowest BCUT2D eigenvalue weighted by Crippen LogP contribution is -2.19. The van der Waals surface area contributed by atoms with Crippen LogP contribution in [0.25, 0.3) is 0 Å².